The van der Waals surface area contributed by atoms with Crippen molar-refractivity contribution in [3.8, 4) is 0 Å². The molecule has 0 bridgehead atoms. The highest BCUT2D eigenvalue weighted by Crippen LogP contribution is 2.45. The van der Waals surface area contributed by atoms with Gasteiger partial charge in [-0.1, -0.05) is 224 Å². The number of anilines is 12. The molecule has 0 fully saturated rings. The van der Waals surface area contributed by atoms with E-state index in [9.17, 15) is 0 Å². The maximum atomic E-state index is 15.4. The van der Waals surface area contributed by atoms with Crippen molar-refractivity contribution in [2.45, 2.75) is 17.4 Å². The van der Waals surface area contributed by atoms with Gasteiger partial charge in [0.2, 0.25) is 0 Å². The molecule has 0 aliphatic heterocycles. The van der Waals surface area contributed by atoms with Crippen LogP contribution in [-0.2, 0) is 19.9 Å². The van der Waals surface area contributed by atoms with Gasteiger partial charge in [-0.15, -0.1) is 0 Å². The summed E-state index contributed by atoms with van der Waals surface area (Å²) in [5.41, 5.74) is 14.7. The van der Waals surface area contributed by atoms with Crippen LogP contribution in [0.5, 0.6) is 0 Å². The number of nitrogens with zero attached hydrogens (tertiary/aromatic N) is 4. The van der Waals surface area contributed by atoms with Crippen LogP contribution in [0.1, 0.15) is 27.8 Å². The molecule has 13 rings (SSSR count). The second-order valence-corrected chi connectivity index (χ2v) is 23.8. The second kappa shape index (κ2) is 27.5. The summed E-state index contributed by atoms with van der Waals surface area (Å²) in [6.07, 6.45) is 5.91. The zero-order valence-electron chi connectivity index (χ0n) is 50.8. The minimum Gasteiger partial charge on any atom is -0.311 e. The van der Waals surface area contributed by atoms with E-state index in [1.54, 1.807) is 24.3 Å². The molecule has 13 aromatic carbocycles. The molecule has 0 saturated carbocycles. The number of hydrogen-bond acceptors (Lipinski definition) is 7. The largest absolute Gasteiger partial charge is 0.311 e. The van der Waals surface area contributed by atoms with E-state index < -0.39 is 15.7 Å². The predicted molar refractivity (Wildman–Crippen MR) is 381 cm³/mol. The van der Waals surface area contributed by atoms with E-state index in [0.717, 1.165) is 90.5 Å². The maximum Gasteiger partial charge on any atom is 0.298 e. The standard InChI is InChI=1S/C84H66N4O3S/c1-65-44-62-82(63-45-65)92(89,90)91-84(68-50-58-80(59-51-68)87(74-35-18-6-19-36-74)75-37-20-7-21-38-75,69-52-60-81(61-53-69)88(76-39-22-8-23-40-76)77-41-24-9-25-42-77)64-26-43-83(66-46-54-78(55-47-66)85(70-27-10-2-11-28-70)71-29-12-3-13-30-71)67-48-56-79(57-49-67)86(72-31-14-4-15-32-72)73-33-16-5-17-34-73/h2-64H,1H3/b64-26+. The van der Waals surface area contributed by atoms with Crippen molar-refractivity contribution in [3.05, 3.63) is 410 Å². The smallest absolute Gasteiger partial charge is 0.298 e. The van der Waals surface area contributed by atoms with E-state index in [2.05, 4.69) is 220 Å². The SMILES string of the molecule is Cc1ccc(S(=O)(=O)OC(/C=C/C=C(c2ccc(N(c3ccccc3)c3ccccc3)cc2)c2ccc(N(c3ccccc3)c3ccccc3)cc2)(c2ccc(N(c3ccccc3)c3ccccc3)cc2)c2ccc(N(c3ccccc3)c3ccccc3)cc2)cc1. The molecule has 7 nitrogen and oxygen atoms in total. The van der Waals surface area contributed by atoms with E-state index in [1.807, 2.05) is 165 Å². The van der Waals surface area contributed by atoms with E-state index in [4.69, 9.17) is 4.18 Å². The lowest BCUT2D eigenvalue weighted by atomic mass is 9.85. The summed E-state index contributed by atoms with van der Waals surface area (Å²) in [5.74, 6) is 0. The van der Waals surface area contributed by atoms with Crippen LogP contribution in [-0.4, -0.2) is 8.42 Å². The fourth-order valence-electron chi connectivity index (χ4n) is 11.7. The topological polar surface area (TPSA) is 56.3 Å². The fraction of sp³-hybridized carbons (Fsp3) is 0.0238. The van der Waals surface area contributed by atoms with Gasteiger partial charge in [0, 0.05) is 68.2 Å². The molecular formula is C84H66N4O3S. The normalized spacial score (nSPS) is 11.4. The van der Waals surface area contributed by atoms with Crippen LogP contribution in [0.4, 0.5) is 68.2 Å². The highest BCUT2D eigenvalue weighted by molar-refractivity contribution is 7.86. The summed E-state index contributed by atoms with van der Waals surface area (Å²) in [4.78, 5) is 8.90. The van der Waals surface area contributed by atoms with Crippen LogP contribution >= 0.6 is 0 Å². The highest BCUT2D eigenvalue weighted by Gasteiger charge is 2.39. The van der Waals surface area contributed by atoms with E-state index in [1.165, 1.54) is 0 Å². The predicted octanol–water partition coefficient (Wildman–Crippen LogP) is 22.2. The monoisotopic (exact) mass is 1210 g/mol. The van der Waals surface area contributed by atoms with Gasteiger partial charge in [-0.05, 0) is 199 Å². The van der Waals surface area contributed by atoms with Crippen molar-refractivity contribution in [1.29, 1.82) is 0 Å². The lowest BCUT2D eigenvalue weighted by molar-refractivity contribution is 0.173. The maximum absolute atomic E-state index is 15.4. The zero-order chi connectivity index (χ0) is 62.5. The number of allylic oxidation sites excluding steroid dienone is 2. The number of aryl methyl sites for hydroxylation is 1. The molecular weight excluding hydrogens is 1150 g/mol. The molecule has 0 N–H and O–H groups in total. The molecule has 0 aliphatic carbocycles. The van der Waals surface area contributed by atoms with Crippen molar-refractivity contribution in [1.82, 2.24) is 0 Å². The Hall–Kier alpha value is -11.6. The zero-order valence-corrected chi connectivity index (χ0v) is 51.6. The lowest BCUT2D eigenvalue weighted by Crippen LogP contribution is -2.32. The van der Waals surface area contributed by atoms with Gasteiger partial charge in [-0.2, -0.15) is 8.42 Å². The third-order valence-electron chi connectivity index (χ3n) is 16.2. The Morgan fingerprint density at radius 3 is 0.772 bits per heavy atom. The van der Waals surface area contributed by atoms with Gasteiger partial charge < -0.3 is 19.6 Å². The van der Waals surface area contributed by atoms with Crippen LogP contribution in [0.25, 0.3) is 5.57 Å². The second-order valence-electron chi connectivity index (χ2n) is 22.2. The fourth-order valence-corrected chi connectivity index (χ4v) is 12.9. The summed E-state index contributed by atoms with van der Waals surface area (Å²) in [6.45, 7) is 1.94. The summed E-state index contributed by atoms with van der Waals surface area (Å²) in [7, 11) is -4.53. The van der Waals surface area contributed by atoms with E-state index in [-0.39, 0.29) is 4.90 Å². The first kappa shape index (κ1) is 59.4. The molecule has 0 aliphatic rings. The van der Waals surface area contributed by atoms with Gasteiger partial charge in [0.15, 0.2) is 5.60 Å². The molecule has 13 aromatic rings. The average Bonchev–Trinajstić information content (AvgIpc) is 0.801. The van der Waals surface area contributed by atoms with Gasteiger partial charge >= 0.3 is 0 Å². The van der Waals surface area contributed by atoms with Crippen molar-refractivity contribution in [2.24, 2.45) is 0 Å². The third-order valence-corrected chi connectivity index (χ3v) is 17.6. The molecule has 446 valence electrons. The van der Waals surface area contributed by atoms with Crippen LogP contribution in [0.3, 0.4) is 0 Å². The van der Waals surface area contributed by atoms with Gasteiger partial charge in [-0.3, -0.25) is 0 Å². The van der Waals surface area contributed by atoms with Gasteiger partial charge in [-0.25, -0.2) is 4.18 Å². The molecule has 0 aromatic heterocycles. The molecule has 0 saturated heterocycles. The summed E-state index contributed by atoms with van der Waals surface area (Å²) >= 11 is 0. The Labute approximate surface area is 540 Å². The molecule has 0 spiro atoms. The molecule has 0 unspecified atom stereocenters. The quantitative estimate of drug-likeness (QED) is 0.0525. The van der Waals surface area contributed by atoms with Crippen molar-refractivity contribution in [2.75, 3.05) is 19.6 Å². The number of hydrogen-bond donors (Lipinski definition) is 0. The Morgan fingerprint density at radius 2 is 0.522 bits per heavy atom. The Bertz CT molecular complexity index is 4250. The lowest BCUT2D eigenvalue weighted by Gasteiger charge is -2.33. The van der Waals surface area contributed by atoms with Crippen molar-refractivity contribution >= 4 is 83.9 Å². The summed E-state index contributed by atoms with van der Waals surface area (Å²) in [6, 6.07) is 123. The van der Waals surface area contributed by atoms with Gasteiger partial charge in [0.05, 0.1) is 4.90 Å². The van der Waals surface area contributed by atoms with Crippen LogP contribution in [0, 0.1) is 6.92 Å². The van der Waals surface area contributed by atoms with Crippen molar-refractivity contribution < 1.29 is 12.6 Å². The number of rotatable bonds is 21. The minimum atomic E-state index is -4.53. The first-order chi connectivity index (χ1) is 45.3. The first-order valence-corrected chi connectivity index (χ1v) is 32.1. The van der Waals surface area contributed by atoms with Crippen LogP contribution < -0.4 is 19.6 Å². The van der Waals surface area contributed by atoms with Crippen LogP contribution in [0.15, 0.2) is 387 Å². The average molecular weight is 1210 g/mol. The number of benzene rings is 13. The molecule has 92 heavy (non-hydrogen) atoms. The molecule has 0 radical (unpaired) electrons. The first-order valence-electron chi connectivity index (χ1n) is 30.7. The van der Waals surface area contributed by atoms with Crippen molar-refractivity contribution in [3.63, 3.8) is 0 Å². The van der Waals surface area contributed by atoms with E-state index in [0.29, 0.717) is 11.1 Å². The molecule has 8 heteroatoms. The summed E-state index contributed by atoms with van der Waals surface area (Å²) < 4.78 is 37.9. The van der Waals surface area contributed by atoms with Crippen LogP contribution in [0.2, 0.25) is 0 Å². The minimum absolute atomic E-state index is 0.0317. The Morgan fingerprint density at radius 1 is 0.293 bits per heavy atom. The molecule has 0 heterocycles. The highest BCUT2D eigenvalue weighted by atomic mass is 32.2. The summed E-state index contributed by atoms with van der Waals surface area (Å²) in [5, 5.41) is 0. The Balaban J connectivity index is 1.01. The van der Waals surface area contributed by atoms with E-state index >= 15 is 8.42 Å². The van der Waals surface area contributed by atoms with Gasteiger partial charge in [0.1, 0.15) is 0 Å². The third kappa shape index (κ3) is 13.1. The number of para-hydroxylation sites is 8. The van der Waals surface area contributed by atoms with Gasteiger partial charge in [0.25, 0.3) is 10.1 Å². The Kier molecular flexibility index (Phi) is 17.7. The molecule has 0 atom stereocenters. The molecule has 0 amide bonds.